The lowest BCUT2D eigenvalue weighted by Gasteiger charge is -2.23. The van der Waals surface area contributed by atoms with E-state index < -0.39 is 10.0 Å². The summed E-state index contributed by atoms with van der Waals surface area (Å²) in [6.07, 6.45) is 5.94. The molecule has 1 heterocycles. The number of nitrogens with one attached hydrogen (secondary N) is 2. The summed E-state index contributed by atoms with van der Waals surface area (Å²) >= 11 is 0. The summed E-state index contributed by atoms with van der Waals surface area (Å²) in [5.41, 5.74) is 0.113. The van der Waals surface area contributed by atoms with Gasteiger partial charge in [-0.3, -0.25) is 0 Å². The lowest BCUT2D eigenvalue weighted by atomic mass is 9.89. The molecule has 0 aliphatic heterocycles. The van der Waals surface area contributed by atoms with Gasteiger partial charge in [0.1, 0.15) is 5.82 Å². The van der Waals surface area contributed by atoms with Crippen LogP contribution in [0.3, 0.4) is 0 Å². The third kappa shape index (κ3) is 2.87. The largest absolute Gasteiger partial charge is 0.332 e. The van der Waals surface area contributed by atoms with Crippen LogP contribution in [0.5, 0.6) is 0 Å². The van der Waals surface area contributed by atoms with Crippen LogP contribution in [-0.2, 0) is 10.0 Å². The SMILES string of the molecule is Cc1ncc(S(=O)(=O)NCC2(C)CCCC2)[nH]1. The van der Waals surface area contributed by atoms with Crippen molar-refractivity contribution in [2.24, 2.45) is 5.41 Å². The van der Waals surface area contributed by atoms with Gasteiger partial charge in [-0.2, -0.15) is 0 Å². The number of aryl methyl sites for hydroxylation is 1. The first-order valence-electron chi connectivity index (χ1n) is 5.93. The highest BCUT2D eigenvalue weighted by atomic mass is 32.2. The van der Waals surface area contributed by atoms with Gasteiger partial charge in [-0.25, -0.2) is 18.1 Å². The minimum absolute atomic E-state index is 0.113. The van der Waals surface area contributed by atoms with Gasteiger partial charge in [-0.05, 0) is 25.2 Å². The van der Waals surface area contributed by atoms with Crippen LogP contribution in [0.1, 0.15) is 38.4 Å². The van der Waals surface area contributed by atoms with Gasteiger partial charge >= 0.3 is 0 Å². The quantitative estimate of drug-likeness (QED) is 0.860. The van der Waals surface area contributed by atoms with Crippen molar-refractivity contribution < 1.29 is 8.42 Å². The lowest BCUT2D eigenvalue weighted by Crippen LogP contribution is -2.34. The first-order chi connectivity index (χ1) is 7.91. The number of rotatable bonds is 4. The smallest absolute Gasteiger partial charge is 0.257 e. The molecule has 0 aromatic carbocycles. The maximum absolute atomic E-state index is 12.0. The number of hydrogen-bond acceptors (Lipinski definition) is 3. The molecule has 2 N–H and O–H groups in total. The van der Waals surface area contributed by atoms with E-state index in [1.165, 1.54) is 19.0 Å². The van der Waals surface area contributed by atoms with E-state index in [2.05, 4.69) is 21.6 Å². The third-order valence-corrected chi connectivity index (χ3v) is 4.78. The Balaban J connectivity index is 2.03. The molecule has 0 bridgehead atoms. The second-order valence-electron chi connectivity index (χ2n) is 5.18. The van der Waals surface area contributed by atoms with Crippen molar-refractivity contribution in [3.05, 3.63) is 12.0 Å². The molecule has 17 heavy (non-hydrogen) atoms. The van der Waals surface area contributed by atoms with Crippen LogP contribution in [0.15, 0.2) is 11.2 Å². The van der Waals surface area contributed by atoms with Crippen LogP contribution < -0.4 is 4.72 Å². The fraction of sp³-hybridized carbons (Fsp3) is 0.727. The van der Waals surface area contributed by atoms with Crippen molar-refractivity contribution >= 4 is 10.0 Å². The van der Waals surface area contributed by atoms with Crippen LogP contribution in [0.4, 0.5) is 0 Å². The maximum Gasteiger partial charge on any atom is 0.257 e. The summed E-state index contributed by atoms with van der Waals surface area (Å²) < 4.78 is 26.6. The van der Waals surface area contributed by atoms with E-state index in [-0.39, 0.29) is 10.4 Å². The molecule has 1 aromatic rings. The number of sulfonamides is 1. The normalized spacial score (nSPS) is 19.6. The van der Waals surface area contributed by atoms with Crippen LogP contribution in [0, 0.1) is 12.3 Å². The molecule has 1 aliphatic carbocycles. The molecule has 0 radical (unpaired) electrons. The Morgan fingerprint density at radius 1 is 1.47 bits per heavy atom. The monoisotopic (exact) mass is 257 g/mol. The average Bonchev–Trinajstić information content (AvgIpc) is 2.86. The van der Waals surface area contributed by atoms with E-state index in [4.69, 9.17) is 0 Å². The van der Waals surface area contributed by atoms with E-state index in [0.717, 1.165) is 12.8 Å². The summed E-state index contributed by atoms with van der Waals surface area (Å²) in [5.74, 6) is 0.609. The van der Waals surface area contributed by atoms with Gasteiger partial charge in [0.25, 0.3) is 10.0 Å². The van der Waals surface area contributed by atoms with Crippen molar-refractivity contribution in [2.45, 2.75) is 44.6 Å². The topological polar surface area (TPSA) is 74.8 Å². The van der Waals surface area contributed by atoms with Gasteiger partial charge in [0.15, 0.2) is 5.03 Å². The van der Waals surface area contributed by atoms with Crippen molar-refractivity contribution in [2.75, 3.05) is 6.54 Å². The Bertz CT molecular complexity index is 487. The van der Waals surface area contributed by atoms with E-state index in [0.29, 0.717) is 12.4 Å². The molecule has 1 aliphatic rings. The van der Waals surface area contributed by atoms with Gasteiger partial charge in [-0.15, -0.1) is 0 Å². The van der Waals surface area contributed by atoms with E-state index >= 15 is 0 Å². The van der Waals surface area contributed by atoms with Crippen molar-refractivity contribution in [1.29, 1.82) is 0 Å². The van der Waals surface area contributed by atoms with Gasteiger partial charge in [0.2, 0.25) is 0 Å². The fourth-order valence-electron chi connectivity index (χ4n) is 2.29. The number of H-pyrrole nitrogens is 1. The number of imidazole rings is 1. The molecule has 0 unspecified atom stereocenters. The molecule has 5 nitrogen and oxygen atoms in total. The summed E-state index contributed by atoms with van der Waals surface area (Å²) in [4.78, 5) is 6.65. The molecule has 1 aromatic heterocycles. The predicted octanol–water partition coefficient (Wildman–Crippen LogP) is 1.58. The van der Waals surface area contributed by atoms with E-state index in [1.807, 2.05) is 0 Å². The van der Waals surface area contributed by atoms with E-state index in [1.54, 1.807) is 6.92 Å². The first kappa shape index (κ1) is 12.6. The van der Waals surface area contributed by atoms with Crippen LogP contribution in [0.25, 0.3) is 0 Å². The summed E-state index contributed by atoms with van der Waals surface area (Å²) in [6, 6.07) is 0. The van der Waals surface area contributed by atoms with Gasteiger partial charge < -0.3 is 4.98 Å². The number of aromatic amines is 1. The predicted molar refractivity (Wildman–Crippen MR) is 65.1 cm³/mol. The molecule has 2 rings (SSSR count). The second kappa shape index (κ2) is 4.42. The summed E-state index contributed by atoms with van der Waals surface area (Å²) in [6.45, 7) is 4.38. The molecule has 1 saturated carbocycles. The highest BCUT2D eigenvalue weighted by molar-refractivity contribution is 7.89. The molecule has 96 valence electrons. The zero-order valence-corrected chi connectivity index (χ0v) is 11.1. The third-order valence-electron chi connectivity index (χ3n) is 3.47. The Morgan fingerprint density at radius 3 is 2.65 bits per heavy atom. The van der Waals surface area contributed by atoms with Gasteiger partial charge in [0, 0.05) is 6.54 Å². The minimum atomic E-state index is -3.43. The maximum atomic E-state index is 12.0. The molecule has 1 fully saturated rings. The molecule has 0 amide bonds. The molecular weight excluding hydrogens is 238 g/mol. The molecule has 0 atom stereocenters. The van der Waals surface area contributed by atoms with Crippen molar-refractivity contribution in [3.8, 4) is 0 Å². The Labute approximate surface area is 102 Å². The molecule has 6 heteroatoms. The minimum Gasteiger partial charge on any atom is -0.332 e. The number of hydrogen-bond donors (Lipinski definition) is 2. The number of aromatic nitrogens is 2. The average molecular weight is 257 g/mol. The van der Waals surface area contributed by atoms with Crippen LogP contribution >= 0.6 is 0 Å². The van der Waals surface area contributed by atoms with E-state index in [9.17, 15) is 8.42 Å². The second-order valence-corrected chi connectivity index (χ2v) is 6.91. The molecular formula is C11H19N3O2S. The molecule has 0 saturated heterocycles. The zero-order valence-electron chi connectivity index (χ0n) is 10.3. The van der Waals surface area contributed by atoms with Crippen molar-refractivity contribution in [3.63, 3.8) is 0 Å². The number of nitrogens with zero attached hydrogens (tertiary/aromatic N) is 1. The lowest BCUT2D eigenvalue weighted by molar-refractivity contribution is 0.336. The standard InChI is InChI=1S/C11H19N3O2S/c1-9-12-7-10(14-9)17(15,16)13-8-11(2)5-3-4-6-11/h7,13H,3-6,8H2,1-2H3,(H,12,14). The van der Waals surface area contributed by atoms with Crippen LogP contribution in [-0.4, -0.2) is 24.9 Å². The summed E-state index contributed by atoms with van der Waals surface area (Å²) in [7, 11) is -3.43. The summed E-state index contributed by atoms with van der Waals surface area (Å²) in [5, 5.41) is 0.150. The Hall–Kier alpha value is -0.880. The van der Waals surface area contributed by atoms with Gasteiger partial charge in [-0.1, -0.05) is 19.8 Å². The molecule has 0 spiro atoms. The van der Waals surface area contributed by atoms with Crippen LogP contribution in [0.2, 0.25) is 0 Å². The fourth-order valence-corrected chi connectivity index (χ4v) is 3.45. The van der Waals surface area contributed by atoms with Gasteiger partial charge in [0.05, 0.1) is 6.20 Å². The Morgan fingerprint density at radius 2 is 2.12 bits per heavy atom. The van der Waals surface area contributed by atoms with Crippen molar-refractivity contribution in [1.82, 2.24) is 14.7 Å². The zero-order chi connectivity index (χ0) is 12.5. The highest BCUT2D eigenvalue weighted by Gasteiger charge is 2.30. The highest BCUT2D eigenvalue weighted by Crippen LogP contribution is 2.36. The Kier molecular flexibility index (Phi) is 3.27. The first-order valence-corrected chi connectivity index (χ1v) is 7.41.